The second-order valence-corrected chi connectivity index (χ2v) is 6.32. The van der Waals surface area contributed by atoms with Gasteiger partial charge in [-0.25, -0.2) is 13.4 Å². The first-order valence-electron chi connectivity index (χ1n) is 5.93. The molecule has 0 radical (unpaired) electrons. The fraction of sp³-hybridized carbons (Fsp3) is 0.636. The number of carboxylic acid groups (broad SMARTS) is 1. The molecule has 19 heavy (non-hydrogen) atoms. The Labute approximate surface area is 112 Å². The van der Waals surface area contributed by atoms with Crippen LogP contribution in [0.3, 0.4) is 0 Å². The zero-order valence-electron chi connectivity index (χ0n) is 11.5. The second kappa shape index (κ2) is 5.70. The van der Waals surface area contributed by atoms with Crippen LogP contribution >= 0.6 is 0 Å². The fourth-order valence-corrected chi connectivity index (χ4v) is 3.13. The van der Waals surface area contributed by atoms with E-state index in [4.69, 9.17) is 5.11 Å². The molecule has 0 aliphatic heterocycles. The van der Waals surface area contributed by atoms with Crippen molar-refractivity contribution in [2.75, 3.05) is 13.1 Å². The molecule has 0 amide bonds. The summed E-state index contributed by atoms with van der Waals surface area (Å²) >= 11 is 0. The van der Waals surface area contributed by atoms with E-state index in [2.05, 4.69) is 4.98 Å². The normalized spacial score (nSPS) is 13.7. The summed E-state index contributed by atoms with van der Waals surface area (Å²) in [5, 5.41) is 8.82. The molecule has 0 spiro atoms. The highest BCUT2D eigenvalue weighted by Gasteiger charge is 2.29. The van der Waals surface area contributed by atoms with Crippen LogP contribution in [0.1, 0.15) is 19.7 Å². The van der Waals surface area contributed by atoms with Gasteiger partial charge in [0.05, 0.1) is 5.92 Å². The summed E-state index contributed by atoms with van der Waals surface area (Å²) in [6, 6.07) is 0. The Balaban J connectivity index is 3.05. The van der Waals surface area contributed by atoms with Crippen molar-refractivity contribution in [3.05, 3.63) is 12.0 Å². The molecule has 0 aliphatic rings. The van der Waals surface area contributed by atoms with Gasteiger partial charge in [0.25, 0.3) is 10.0 Å². The number of nitrogens with zero attached hydrogens (tertiary/aromatic N) is 3. The SMILES string of the molecule is CCN(CC(C)C(=O)O)S(=O)(=O)c1cn(C)c(C)n1. The number of rotatable bonds is 6. The number of imidazole rings is 1. The first-order chi connectivity index (χ1) is 8.70. The first-order valence-corrected chi connectivity index (χ1v) is 7.37. The number of aromatic nitrogens is 2. The third-order valence-corrected chi connectivity index (χ3v) is 4.75. The molecule has 1 aromatic heterocycles. The van der Waals surface area contributed by atoms with E-state index in [1.807, 2.05) is 0 Å². The monoisotopic (exact) mass is 289 g/mol. The molecule has 0 bridgehead atoms. The van der Waals surface area contributed by atoms with Gasteiger partial charge >= 0.3 is 5.97 Å². The van der Waals surface area contributed by atoms with E-state index in [0.717, 1.165) is 4.31 Å². The first kappa shape index (κ1) is 15.6. The maximum Gasteiger partial charge on any atom is 0.307 e. The molecule has 7 nitrogen and oxygen atoms in total. The van der Waals surface area contributed by atoms with Crippen molar-refractivity contribution in [2.45, 2.75) is 25.8 Å². The highest BCUT2D eigenvalue weighted by molar-refractivity contribution is 7.89. The van der Waals surface area contributed by atoms with Crippen LogP contribution in [0.2, 0.25) is 0 Å². The van der Waals surface area contributed by atoms with Crippen LogP contribution in [0.4, 0.5) is 0 Å². The van der Waals surface area contributed by atoms with Gasteiger partial charge in [-0.15, -0.1) is 0 Å². The van der Waals surface area contributed by atoms with E-state index >= 15 is 0 Å². The lowest BCUT2D eigenvalue weighted by molar-refractivity contribution is -0.141. The Bertz CT molecular complexity index is 545. The van der Waals surface area contributed by atoms with Gasteiger partial charge in [-0.1, -0.05) is 13.8 Å². The van der Waals surface area contributed by atoms with Crippen molar-refractivity contribution in [1.82, 2.24) is 13.9 Å². The van der Waals surface area contributed by atoms with E-state index in [1.54, 1.807) is 25.5 Å². The van der Waals surface area contributed by atoms with Crippen molar-refractivity contribution in [3.8, 4) is 0 Å². The molecule has 0 saturated carbocycles. The fourth-order valence-electron chi connectivity index (χ4n) is 1.56. The van der Waals surface area contributed by atoms with Crippen molar-refractivity contribution in [3.63, 3.8) is 0 Å². The highest BCUT2D eigenvalue weighted by atomic mass is 32.2. The standard InChI is InChI=1S/C11H19N3O4S/c1-5-14(6-8(2)11(15)16)19(17,18)10-7-13(4)9(3)12-10/h7-8H,5-6H2,1-4H3,(H,15,16). The largest absolute Gasteiger partial charge is 0.481 e. The Kier molecular flexibility index (Phi) is 4.70. The summed E-state index contributed by atoms with van der Waals surface area (Å²) in [6.07, 6.45) is 1.43. The van der Waals surface area contributed by atoms with Gasteiger partial charge in [0.1, 0.15) is 5.82 Å². The van der Waals surface area contributed by atoms with E-state index in [9.17, 15) is 13.2 Å². The molecule has 108 valence electrons. The van der Waals surface area contributed by atoms with Gasteiger partial charge in [-0.05, 0) is 6.92 Å². The van der Waals surface area contributed by atoms with Gasteiger partial charge in [0.15, 0.2) is 5.03 Å². The second-order valence-electron chi connectivity index (χ2n) is 4.43. The van der Waals surface area contributed by atoms with E-state index in [1.165, 1.54) is 13.1 Å². The number of aliphatic carboxylic acids is 1. The summed E-state index contributed by atoms with van der Waals surface area (Å²) in [6.45, 7) is 4.99. The van der Waals surface area contributed by atoms with Crippen LogP contribution in [0.15, 0.2) is 11.2 Å². The Morgan fingerprint density at radius 2 is 2.16 bits per heavy atom. The molecule has 1 N–H and O–H groups in total. The molecule has 0 aromatic carbocycles. The quantitative estimate of drug-likeness (QED) is 0.821. The number of hydrogen-bond donors (Lipinski definition) is 1. The van der Waals surface area contributed by atoms with Crippen molar-refractivity contribution in [1.29, 1.82) is 0 Å². The lowest BCUT2D eigenvalue weighted by atomic mass is 10.2. The predicted octanol–water partition coefficient (Wildman–Crippen LogP) is 0.460. The minimum absolute atomic E-state index is 0.0491. The molecule has 1 aromatic rings. The average Bonchev–Trinajstić information content (AvgIpc) is 2.66. The maximum atomic E-state index is 12.3. The Hall–Kier alpha value is -1.41. The van der Waals surface area contributed by atoms with Crippen molar-refractivity contribution >= 4 is 16.0 Å². The number of sulfonamides is 1. The summed E-state index contributed by atoms with van der Waals surface area (Å²) in [5.41, 5.74) is 0. The molecule has 0 fully saturated rings. The third kappa shape index (κ3) is 3.32. The number of aryl methyl sites for hydroxylation is 2. The summed E-state index contributed by atoms with van der Waals surface area (Å²) < 4.78 is 27.4. The zero-order chi connectivity index (χ0) is 14.8. The highest BCUT2D eigenvalue weighted by Crippen LogP contribution is 2.16. The van der Waals surface area contributed by atoms with Gasteiger partial charge in [0.2, 0.25) is 0 Å². The lowest BCUT2D eigenvalue weighted by Crippen LogP contribution is -2.36. The molecule has 1 unspecified atom stereocenters. The van der Waals surface area contributed by atoms with Crippen LogP contribution in [-0.2, 0) is 21.9 Å². The topological polar surface area (TPSA) is 92.5 Å². The minimum Gasteiger partial charge on any atom is -0.481 e. The summed E-state index contributed by atoms with van der Waals surface area (Å²) in [5.74, 6) is -1.20. The van der Waals surface area contributed by atoms with Gasteiger partial charge in [-0.3, -0.25) is 4.79 Å². The lowest BCUT2D eigenvalue weighted by Gasteiger charge is -2.20. The Morgan fingerprint density at radius 3 is 2.53 bits per heavy atom. The summed E-state index contributed by atoms with van der Waals surface area (Å²) in [7, 11) is -2.04. The molecular formula is C11H19N3O4S. The Morgan fingerprint density at radius 1 is 1.58 bits per heavy atom. The maximum absolute atomic E-state index is 12.3. The van der Waals surface area contributed by atoms with E-state index < -0.39 is 21.9 Å². The van der Waals surface area contributed by atoms with Gasteiger partial charge < -0.3 is 9.67 Å². The average molecular weight is 289 g/mol. The van der Waals surface area contributed by atoms with Crippen molar-refractivity contribution in [2.24, 2.45) is 13.0 Å². The van der Waals surface area contributed by atoms with Crippen LogP contribution < -0.4 is 0 Å². The van der Waals surface area contributed by atoms with Gasteiger partial charge in [0, 0.05) is 26.3 Å². The minimum atomic E-state index is -3.74. The molecule has 1 heterocycles. The van der Waals surface area contributed by atoms with E-state index in [0.29, 0.717) is 5.82 Å². The molecule has 0 aliphatic carbocycles. The van der Waals surface area contributed by atoms with Gasteiger partial charge in [-0.2, -0.15) is 4.31 Å². The van der Waals surface area contributed by atoms with Crippen LogP contribution in [0.5, 0.6) is 0 Å². The molecule has 1 atom stereocenters. The predicted molar refractivity (Wildman–Crippen MR) is 69.2 cm³/mol. The number of carboxylic acids is 1. The van der Waals surface area contributed by atoms with E-state index in [-0.39, 0.29) is 18.1 Å². The molecule has 8 heteroatoms. The van der Waals surface area contributed by atoms with Crippen LogP contribution in [0.25, 0.3) is 0 Å². The molecule has 1 rings (SSSR count). The van der Waals surface area contributed by atoms with Crippen LogP contribution in [0, 0.1) is 12.8 Å². The number of hydrogen-bond acceptors (Lipinski definition) is 4. The summed E-state index contributed by atoms with van der Waals surface area (Å²) in [4.78, 5) is 14.8. The smallest absolute Gasteiger partial charge is 0.307 e. The third-order valence-electron chi connectivity index (χ3n) is 2.94. The molecular weight excluding hydrogens is 270 g/mol. The van der Waals surface area contributed by atoms with Crippen LogP contribution in [-0.4, -0.2) is 46.4 Å². The van der Waals surface area contributed by atoms with Crippen molar-refractivity contribution < 1.29 is 18.3 Å². The zero-order valence-corrected chi connectivity index (χ0v) is 12.3. The molecule has 0 saturated heterocycles. The number of carbonyl (C=O) groups is 1.